The normalized spacial score (nSPS) is 17.5. The predicted molar refractivity (Wildman–Crippen MR) is 85.7 cm³/mol. The first-order chi connectivity index (χ1) is 11.6. The lowest BCUT2D eigenvalue weighted by Crippen LogP contribution is -2.41. The van der Waals surface area contributed by atoms with Crippen molar-refractivity contribution >= 4 is 5.91 Å². The maximum atomic E-state index is 13.8. The third kappa shape index (κ3) is 3.31. The molecule has 0 saturated carbocycles. The zero-order chi connectivity index (χ0) is 17.1. The summed E-state index contributed by atoms with van der Waals surface area (Å²) in [6, 6.07) is 6.40. The summed E-state index contributed by atoms with van der Waals surface area (Å²) >= 11 is 0. The number of ether oxygens (including phenoxy) is 1. The van der Waals surface area contributed by atoms with Crippen LogP contribution in [-0.4, -0.2) is 45.3 Å². The van der Waals surface area contributed by atoms with Crippen molar-refractivity contribution in [1.29, 1.82) is 0 Å². The van der Waals surface area contributed by atoms with Gasteiger partial charge in [0, 0.05) is 32.7 Å². The van der Waals surface area contributed by atoms with Crippen LogP contribution in [0.3, 0.4) is 0 Å². The molecular weight excluding hydrogens is 311 g/mol. The zero-order valence-corrected chi connectivity index (χ0v) is 13.9. The van der Waals surface area contributed by atoms with Crippen LogP contribution in [0.15, 0.2) is 24.3 Å². The van der Waals surface area contributed by atoms with E-state index in [1.54, 1.807) is 30.2 Å². The van der Waals surface area contributed by atoms with Gasteiger partial charge in [0.05, 0.1) is 6.42 Å². The molecule has 1 amide bonds. The Hall–Kier alpha value is -2.28. The van der Waals surface area contributed by atoms with E-state index < -0.39 is 0 Å². The Kier molecular flexibility index (Phi) is 4.89. The standard InChI is InChI=1S/C17H21FN4O2/c1-12-9-15-19-20-16(11-24-2)22(15)8-7-21(12)17(23)10-13-5-3-4-6-14(13)18/h3-6,12H,7-11H2,1-2H3/t12-/m1/s1. The van der Waals surface area contributed by atoms with E-state index in [1.807, 2.05) is 11.5 Å². The monoisotopic (exact) mass is 332 g/mol. The number of aromatic nitrogens is 3. The van der Waals surface area contributed by atoms with Gasteiger partial charge in [0.25, 0.3) is 0 Å². The molecular formula is C17H21FN4O2. The van der Waals surface area contributed by atoms with E-state index in [4.69, 9.17) is 4.74 Å². The molecule has 1 atom stereocenters. The molecule has 1 aliphatic heterocycles. The van der Waals surface area contributed by atoms with Crippen molar-refractivity contribution in [1.82, 2.24) is 19.7 Å². The van der Waals surface area contributed by atoms with Crippen LogP contribution in [0.4, 0.5) is 4.39 Å². The van der Waals surface area contributed by atoms with Gasteiger partial charge in [-0.25, -0.2) is 4.39 Å². The molecule has 2 heterocycles. The Balaban J connectivity index is 1.74. The second kappa shape index (κ2) is 7.09. The van der Waals surface area contributed by atoms with Gasteiger partial charge in [0.1, 0.15) is 18.2 Å². The number of hydrogen-bond donors (Lipinski definition) is 0. The molecule has 2 aromatic rings. The van der Waals surface area contributed by atoms with Crippen LogP contribution in [0.1, 0.15) is 24.1 Å². The predicted octanol–water partition coefficient (Wildman–Crippen LogP) is 1.58. The van der Waals surface area contributed by atoms with E-state index in [0.717, 1.165) is 11.6 Å². The van der Waals surface area contributed by atoms with Crippen LogP contribution in [0.25, 0.3) is 0 Å². The number of rotatable bonds is 4. The fourth-order valence-corrected chi connectivity index (χ4v) is 3.10. The Morgan fingerprint density at radius 1 is 1.33 bits per heavy atom. The molecule has 0 radical (unpaired) electrons. The molecule has 3 rings (SSSR count). The molecule has 0 saturated heterocycles. The first-order valence-corrected chi connectivity index (χ1v) is 8.03. The maximum absolute atomic E-state index is 13.8. The van der Waals surface area contributed by atoms with E-state index in [1.165, 1.54) is 6.07 Å². The van der Waals surface area contributed by atoms with Crippen LogP contribution in [0.2, 0.25) is 0 Å². The van der Waals surface area contributed by atoms with Crippen molar-refractivity contribution in [2.24, 2.45) is 0 Å². The van der Waals surface area contributed by atoms with Crippen LogP contribution in [0.5, 0.6) is 0 Å². The molecule has 0 fully saturated rings. The summed E-state index contributed by atoms with van der Waals surface area (Å²) in [6.45, 7) is 3.55. The van der Waals surface area contributed by atoms with E-state index in [2.05, 4.69) is 10.2 Å². The minimum atomic E-state index is -0.340. The Labute approximate surface area is 140 Å². The topological polar surface area (TPSA) is 60.3 Å². The fourth-order valence-electron chi connectivity index (χ4n) is 3.10. The summed E-state index contributed by atoms with van der Waals surface area (Å²) in [5.41, 5.74) is 0.429. The number of halogens is 1. The molecule has 0 N–H and O–H groups in total. The van der Waals surface area contributed by atoms with Gasteiger partial charge in [-0.05, 0) is 18.6 Å². The number of benzene rings is 1. The molecule has 0 unspecified atom stereocenters. The van der Waals surface area contributed by atoms with Crippen molar-refractivity contribution in [2.75, 3.05) is 13.7 Å². The van der Waals surface area contributed by atoms with Crippen molar-refractivity contribution in [3.63, 3.8) is 0 Å². The molecule has 24 heavy (non-hydrogen) atoms. The van der Waals surface area contributed by atoms with Crippen LogP contribution < -0.4 is 0 Å². The number of amides is 1. The lowest BCUT2D eigenvalue weighted by molar-refractivity contribution is -0.132. The average Bonchev–Trinajstić information content (AvgIpc) is 2.83. The van der Waals surface area contributed by atoms with Crippen LogP contribution in [-0.2, 0) is 35.5 Å². The van der Waals surface area contributed by atoms with Crippen LogP contribution >= 0.6 is 0 Å². The second-order valence-corrected chi connectivity index (χ2v) is 6.03. The summed E-state index contributed by atoms with van der Waals surface area (Å²) in [6.07, 6.45) is 0.697. The van der Waals surface area contributed by atoms with E-state index >= 15 is 0 Å². The number of carbonyl (C=O) groups excluding carboxylic acids is 1. The lowest BCUT2D eigenvalue weighted by atomic mass is 10.1. The van der Waals surface area contributed by atoms with Crippen LogP contribution in [0, 0.1) is 5.82 Å². The first-order valence-electron chi connectivity index (χ1n) is 8.03. The number of fused-ring (bicyclic) bond motifs is 1. The number of methoxy groups -OCH3 is 1. The summed E-state index contributed by atoms with van der Waals surface area (Å²) in [4.78, 5) is 14.5. The van der Waals surface area contributed by atoms with Crippen molar-refractivity contribution < 1.29 is 13.9 Å². The molecule has 0 spiro atoms. The Morgan fingerprint density at radius 2 is 2.12 bits per heavy atom. The molecule has 6 nitrogen and oxygen atoms in total. The molecule has 1 aliphatic rings. The highest BCUT2D eigenvalue weighted by atomic mass is 19.1. The van der Waals surface area contributed by atoms with Gasteiger partial charge in [0.15, 0.2) is 5.82 Å². The third-order valence-electron chi connectivity index (χ3n) is 4.37. The van der Waals surface area contributed by atoms with Gasteiger partial charge in [-0.15, -0.1) is 10.2 Å². The van der Waals surface area contributed by atoms with Gasteiger partial charge >= 0.3 is 0 Å². The van der Waals surface area contributed by atoms with Gasteiger partial charge in [-0.2, -0.15) is 0 Å². The molecule has 0 aliphatic carbocycles. The summed E-state index contributed by atoms with van der Waals surface area (Å²) in [5.74, 6) is 1.21. The summed E-state index contributed by atoms with van der Waals surface area (Å²) in [7, 11) is 1.62. The van der Waals surface area contributed by atoms with Gasteiger partial charge in [-0.1, -0.05) is 18.2 Å². The van der Waals surface area contributed by atoms with Crippen molar-refractivity contribution in [3.8, 4) is 0 Å². The second-order valence-electron chi connectivity index (χ2n) is 6.03. The Morgan fingerprint density at radius 3 is 2.88 bits per heavy atom. The summed E-state index contributed by atoms with van der Waals surface area (Å²) < 4.78 is 20.9. The maximum Gasteiger partial charge on any atom is 0.227 e. The number of carbonyl (C=O) groups is 1. The SMILES string of the molecule is COCc1nnc2n1CCN(C(=O)Cc1ccccc1F)[C@H](C)C2. The van der Waals surface area contributed by atoms with Gasteiger partial charge in [-0.3, -0.25) is 4.79 Å². The number of nitrogens with zero attached hydrogens (tertiary/aromatic N) is 4. The molecule has 128 valence electrons. The van der Waals surface area contributed by atoms with Crippen molar-refractivity contribution in [3.05, 3.63) is 47.3 Å². The third-order valence-corrected chi connectivity index (χ3v) is 4.37. The van der Waals surface area contributed by atoms with E-state index in [-0.39, 0.29) is 24.2 Å². The van der Waals surface area contributed by atoms with E-state index in [0.29, 0.717) is 31.7 Å². The highest BCUT2D eigenvalue weighted by molar-refractivity contribution is 5.79. The molecule has 0 bridgehead atoms. The lowest BCUT2D eigenvalue weighted by Gasteiger charge is -2.27. The minimum Gasteiger partial charge on any atom is -0.377 e. The van der Waals surface area contributed by atoms with Gasteiger partial charge in [0.2, 0.25) is 5.91 Å². The first kappa shape index (κ1) is 16.6. The fraction of sp³-hybridized carbons (Fsp3) is 0.471. The minimum absolute atomic E-state index is 0.00915. The Bertz CT molecular complexity index is 731. The highest BCUT2D eigenvalue weighted by Gasteiger charge is 2.27. The smallest absolute Gasteiger partial charge is 0.227 e. The molecule has 1 aromatic carbocycles. The molecule has 7 heteroatoms. The largest absolute Gasteiger partial charge is 0.377 e. The quantitative estimate of drug-likeness (QED) is 0.853. The summed E-state index contributed by atoms with van der Waals surface area (Å²) in [5, 5.41) is 8.36. The number of hydrogen-bond acceptors (Lipinski definition) is 4. The molecule has 1 aromatic heterocycles. The van der Waals surface area contributed by atoms with Gasteiger partial charge < -0.3 is 14.2 Å². The van der Waals surface area contributed by atoms with E-state index in [9.17, 15) is 9.18 Å². The average molecular weight is 332 g/mol. The zero-order valence-electron chi connectivity index (χ0n) is 13.9. The highest BCUT2D eigenvalue weighted by Crippen LogP contribution is 2.17. The van der Waals surface area contributed by atoms with Crippen molar-refractivity contribution in [2.45, 2.75) is 39.0 Å².